The number of aliphatic hydroxyl groups is 2. The molecule has 1 saturated carbocycles. The summed E-state index contributed by atoms with van der Waals surface area (Å²) >= 11 is 0. The number of unbranched alkanes of at least 4 members (excludes halogenated alkanes) is 2. The van der Waals surface area contributed by atoms with Gasteiger partial charge in [0.05, 0.1) is 24.4 Å². The van der Waals surface area contributed by atoms with Crippen LogP contribution in [-0.2, 0) is 19.1 Å². The van der Waals surface area contributed by atoms with Gasteiger partial charge in [0.2, 0.25) is 0 Å². The van der Waals surface area contributed by atoms with E-state index in [-0.39, 0.29) is 37.6 Å². The predicted molar refractivity (Wildman–Crippen MR) is 196 cm³/mol. The molecular formula is C42H52O8. The van der Waals surface area contributed by atoms with Gasteiger partial charge in [0.25, 0.3) is 0 Å². The molecule has 1 fully saturated rings. The van der Waals surface area contributed by atoms with Crippen LogP contribution in [0.15, 0.2) is 85.0 Å². The molecule has 0 amide bonds. The highest BCUT2D eigenvalue weighted by molar-refractivity contribution is 5.88. The Morgan fingerprint density at radius 2 is 1.26 bits per heavy atom. The van der Waals surface area contributed by atoms with Gasteiger partial charge >= 0.3 is 11.9 Å². The van der Waals surface area contributed by atoms with Crippen LogP contribution in [0, 0.1) is 12.8 Å². The number of aryl methyl sites for hydroxylation is 1. The fourth-order valence-corrected chi connectivity index (χ4v) is 6.40. The molecule has 1 aliphatic rings. The van der Waals surface area contributed by atoms with Crippen molar-refractivity contribution >= 4 is 11.9 Å². The molecule has 8 nitrogen and oxygen atoms in total. The van der Waals surface area contributed by atoms with Crippen molar-refractivity contribution in [1.82, 2.24) is 0 Å². The molecular weight excluding hydrogens is 632 g/mol. The molecule has 0 aromatic heterocycles. The van der Waals surface area contributed by atoms with E-state index in [4.69, 9.17) is 29.2 Å². The molecule has 3 aromatic rings. The summed E-state index contributed by atoms with van der Waals surface area (Å²) < 4.78 is 22.0. The number of hydrogen-bond acceptors (Lipinski definition) is 8. The third kappa shape index (κ3) is 11.3. The van der Waals surface area contributed by atoms with E-state index in [0.29, 0.717) is 17.4 Å². The smallest absolute Gasteiger partial charge is 0.335 e. The van der Waals surface area contributed by atoms with E-state index in [1.165, 1.54) is 68.1 Å². The third-order valence-corrected chi connectivity index (χ3v) is 9.32. The Hall–Kier alpha value is -4.40. The molecule has 1 aliphatic carbocycles. The third-order valence-electron chi connectivity index (χ3n) is 9.32. The van der Waals surface area contributed by atoms with Crippen molar-refractivity contribution < 1.29 is 38.7 Å². The molecule has 2 N–H and O–H groups in total. The van der Waals surface area contributed by atoms with Gasteiger partial charge in [0, 0.05) is 6.07 Å². The van der Waals surface area contributed by atoms with Gasteiger partial charge in [0.1, 0.15) is 37.9 Å². The molecule has 0 bridgehead atoms. The maximum atomic E-state index is 11.8. The number of carbonyl (C=O) groups excluding carboxylic acids is 2. The number of aliphatic hydroxyl groups excluding tert-OH is 2. The Morgan fingerprint density at radius 1 is 0.700 bits per heavy atom. The molecule has 0 atom stereocenters. The zero-order valence-electron chi connectivity index (χ0n) is 29.6. The first-order valence-electron chi connectivity index (χ1n) is 17.8. The average molecular weight is 685 g/mol. The highest BCUT2D eigenvalue weighted by Gasteiger charge is 2.22. The van der Waals surface area contributed by atoms with E-state index < -0.39 is 25.2 Å². The van der Waals surface area contributed by atoms with Crippen LogP contribution in [0.3, 0.4) is 0 Å². The highest BCUT2D eigenvalue weighted by atomic mass is 16.6. The first-order valence-corrected chi connectivity index (χ1v) is 17.8. The van der Waals surface area contributed by atoms with Gasteiger partial charge in [-0.05, 0) is 90.0 Å². The van der Waals surface area contributed by atoms with Crippen LogP contribution in [0.25, 0.3) is 22.3 Å². The van der Waals surface area contributed by atoms with Crippen LogP contribution in [-0.4, -0.2) is 61.8 Å². The minimum Gasteiger partial charge on any atom is -0.490 e. The quantitative estimate of drug-likeness (QED) is 0.0740. The summed E-state index contributed by atoms with van der Waals surface area (Å²) in [7, 11) is 0. The number of esters is 2. The van der Waals surface area contributed by atoms with Gasteiger partial charge in [-0.15, -0.1) is 0 Å². The molecule has 3 aromatic carbocycles. The maximum absolute atomic E-state index is 11.8. The van der Waals surface area contributed by atoms with Crippen molar-refractivity contribution in [2.24, 2.45) is 5.92 Å². The largest absolute Gasteiger partial charge is 0.490 e. The summed E-state index contributed by atoms with van der Waals surface area (Å²) in [6, 6.07) is 20.8. The zero-order valence-corrected chi connectivity index (χ0v) is 29.6. The van der Waals surface area contributed by atoms with Crippen LogP contribution in [0.1, 0.15) is 75.3 Å². The second-order valence-corrected chi connectivity index (χ2v) is 13.1. The lowest BCUT2D eigenvalue weighted by Gasteiger charge is -2.29. The van der Waals surface area contributed by atoms with Gasteiger partial charge in [-0.1, -0.05) is 88.2 Å². The summed E-state index contributed by atoms with van der Waals surface area (Å²) in [5.41, 5.74) is 6.82. The molecule has 0 saturated heterocycles. The van der Waals surface area contributed by atoms with E-state index in [1.807, 2.05) is 12.1 Å². The Bertz CT molecular complexity index is 1530. The number of ether oxygens (including phenoxy) is 4. The highest BCUT2D eigenvalue weighted by Crippen LogP contribution is 2.39. The van der Waals surface area contributed by atoms with Crippen LogP contribution in [0.4, 0.5) is 0 Å². The van der Waals surface area contributed by atoms with E-state index in [0.717, 1.165) is 22.6 Å². The number of carbonyl (C=O) groups is 2. The average Bonchev–Trinajstić information content (AvgIpc) is 3.14. The van der Waals surface area contributed by atoms with E-state index in [2.05, 4.69) is 69.5 Å². The minimum absolute atomic E-state index is 0.0315. The molecule has 0 spiro atoms. The maximum Gasteiger partial charge on any atom is 0.335 e. The SMILES string of the molecule is C=C(CO)C(=O)OCCOc1cc(OCCOC(=O)C(=C)CO)cc(-c2ccc(-c3ccc(C4CCC(CCCCC)CC4)cc3C)cc2)c1. The summed E-state index contributed by atoms with van der Waals surface area (Å²) in [5, 5.41) is 18.1. The number of hydrogen-bond donors (Lipinski definition) is 2. The topological polar surface area (TPSA) is 112 Å². The van der Waals surface area contributed by atoms with Gasteiger partial charge in [-0.3, -0.25) is 0 Å². The van der Waals surface area contributed by atoms with Crippen molar-refractivity contribution in [1.29, 1.82) is 0 Å². The second-order valence-electron chi connectivity index (χ2n) is 13.1. The normalized spacial score (nSPS) is 15.6. The van der Waals surface area contributed by atoms with Crippen LogP contribution >= 0.6 is 0 Å². The van der Waals surface area contributed by atoms with Crippen molar-refractivity contribution in [2.45, 2.75) is 71.1 Å². The zero-order chi connectivity index (χ0) is 35.9. The Morgan fingerprint density at radius 3 is 1.78 bits per heavy atom. The Balaban J connectivity index is 1.43. The monoisotopic (exact) mass is 684 g/mol. The minimum atomic E-state index is -0.683. The van der Waals surface area contributed by atoms with E-state index in [9.17, 15) is 9.59 Å². The summed E-state index contributed by atoms with van der Waals surface area (Å²) in [6.45, 7) is 10.5. The molecule has 0 heterocycles. The Labute approximate surface area is 296 Å². The summed E-state index contributed by atoms with van der Waals surface area (Å²) in [6.07, 6.45) is 10.7. The van der Waals surface area contributed by atoms with Crippen molar-refractivity contribution in [2.75, 3.05) is 39.6 Å². The van der Waals surface area contributed by atoms with Crippen molar-refractivity contribution in [3.8, 4) is 33.8 Å². The molecule has 0 radical (unpaired) electrons. The molecule has 8 heteroatoms. The first-order chi connectivity index (χ1) is 24.2. The predicted octanol–water partition coefficient (Wildman–Crippen LogP) is 8.12. The molecule has 50 heavy (non-hydrogen) atoms. The fourth-order valence-electron chi connectivity index (χ4n) is 6.40. The van der Waals surface area contributed by atoms with E-state index in [1.54, 1.807) is 6.07 Å². The van der Waals surface area contributed by atoms with Crippen LogP contribution in [0.5, 0.6) is 11.5 Å². The van der Waals surface area contributed by atoms with Crippen molar-refractivity contribution in [3.05, 3.63) is 96.1 Å². The van der Waals surface area contributed by atoms with Gasteiger partial charge in [-0.2, -0.15) is 0 Å². The van der Waals surface area contributed by atoms with Gasteiger partial charge in [-0.25, -0.2) is 9.59 Å². The van der Waals surface area contributed by atoms with Gasteiger partial charge in [0.15, 0.2) is 0 Å². The van der Waals surface area contributed by atoms with Crippen LogP contribution in [0.2, 0.25) is 0 Å². The summed E-state index contributed by atoms with van der Waals surface area (Å²) in [5.74, 6) is 1.17. The molecule has 0 unspecified atom stereocenters. The molecule has 0 aliphatic heterocycles. The molecule has 4 rings (SSSR count). The van der Waals surface area contributed by atoms with Gasteiger partial charge < -0.3 is 29.2 Å². The number of benzene rings is 3. The lowest BCUT2D eigenvalue weighted by molar-refractivity contribution is -0.141. The number of rotatable bonds is 19. The fraction of sp³-hybridized carbons (Fsp3) is 0.429. The Kier molecular flexibility index (Phi) is 15.1. The standard InChI is InChI=1S/C42H52O8/c1-5-6-7-8-32-9-11-33(12-10-32)36-17-18-40(29(2)23-36)35-15-13-34(14-16-35)37-24-38(47-19-21-49-41(45)30(3)27-43)26-39(25-37)48-20-22-50-42(46)31(4)28-44/h13-18,23-26,32-33,43-44H,3-12,19-22,27-28H2,1-2H3. The van der Waals surface area contributed by atoms with E-state index >= 15 is 0 Å². The lowest BCUT2D eigenvalue weighted by atomic mass is 9.76. The van der Waals surface area contributed by atoms with Crippen molar-refractivity contribution in [3.63, 3.8) is 0 Å². The van der Waals surface area contributed by atoms with Crippen LogP contribution < -0.4 is 9.47 Å². The molecule has 268 valence electrons. The lowest BCUT2D eigenvalue weighted by Crippen LogP contribution is -2.15. The first kappa shape index (κ1) is 38.4. The second kappa shape index (κ2) is 19.7. The summed E-state index contributed by atoms with van der Waals surface area (Å²) in [4.78, 5) is 23.6.